The number of allylic oxidation sites excluding steroid dienone is 1. The highest BCUT2D eigenvalue weighted by atomic mass is 15.1. The van der Waals surface area contributed by atoms with Crippen LogP contribution < -0.4 is 0 Å². The quantitative estimate of drug-likeness (QED) is 0.536. The molecule has 0 spiro atoms. The molecule has 1 aliphatic carbocycles. The highest BCUT2D eigenvalue weighted by Crippen LogP contribution is 2.38. The van der Waals surface area contributed by atoms with E-state index >= 15 is 0 Å². The number of rotatable bonds is 0. The smallest absolute Gasteiger partial charge is 0.0315 e. The van der Waals surface area contributed by atoms with Crippen molar-refractivity contribution in [2.24, 2.45) is 11.8 Å². The molecule has 3 rings (SSSR count). The van der Waals surface area contributed by atoms with Crippen molar-refractivity contribution in [3.63, 3.8) is 0 Å². The van der Waals surface area contributed by atoms with Crippen molar-refractivity contribution < 1.29 is 0 Å². The van der Waals surface area contributed by atoms with Crippen molar-refractivity contribution in [3.8, 4) is 0 Å². The Morgan fingerprint density at radius 1 is 0.667 bits per heavy atom. The van der Waals surface area contributed by atoms with Gasteiger partial charge in [0.1, 0.15) is 0 Å². The van der Waals surface area contributed by atoms with Crippen LogP contribution in [-0.4, -0.2) is 17.5 Å². The summed E-state index contributed by atoms with van der Waals surface area (Å²) in [4.78, 5) is 2.77. The minimum Gasteiger partial charge on any atom is -0.374 e. The molecule has 1 saturated carbocycles. The third kappa shape index (κ3) is 4.27. The van der Waals surface area contributed by atoms with E-state index in [2.05, 4.69) is 17.2 Å². The van der Waals surface area contributed by atoms with E-state index in [9.17, 15) is 0 Å². The Morgan fingerprint density at radius 2 is 1.33 bits per heavy atom. The third-order valence-electron chi connectivity index (χ3n) is 6.29. The third-order valence-corrected chi connectivity index (χ3v) is 6.29. The molecule has 0 bridgehead atoms. The van der Waals surface area contributed by atoms with Crippen LogP contribution in [0.5, 0.6) is 0 Å². The molecule has 0 aromatic carbocycles. The zero-order valence-electron chi connectivity index (χ0n) is 13.9. The van der Waals surface area contributed by atoms with E-state index in [0.29, 0.717) is 0 Å². The average molecular weight is 290 g/mol. The molecule has 1 heteroatoms. The van der Waals surface area contributed by atoms with Gasteiger partial charge in [0.05, 0.1) is 0 Å². The molecule has 2 aliphatic heterocycles. The van der Waals surface area contributed by atoms with Crippen molar-refractivity contribution in [3.05, 3.63) is 12.3 Å². The Morgan fingerprint density at radius 3 is 2.19 bits per heavy atom. The molecule has 0 amide bonds. The standard InChI is InChI=1S/C20H35N/c1-3-7-12-18-13-11-17-21-16-10-6-2-5-9-15-20(21)19(18)14-8-4-1/h11,17-20H,1-10,12-16H2. The SMILES string of the molecule is C1=CN2CCCCCCCC2C2CCCCCCCC2C1. The topological polar surface area (TPSA) is 3.24 Å². The molecule has 0 aromatic heterocycles. The predicted molar refractivity (Wildman–Crippen MR) is 91.3 cm³/mol. The first-order valence-electron chi connectivity index (χ1n) is 9.87. The van der Waals surface area contributed by atoms with Gasteiger partial charge < -0.3 is 4.90 Å². The van der Waals surface area contributed by atoms with Crippen molar-refractivity contribution in [1.29, 1.82) is 0 Å². The second kappa shape index (κ2) is 8.25. The molecular weight excluding hydrogens is 254 g/mol. The molecule has 2 fully saturated rings. The minimum absolute atomic E-state index is 0.866. The van der Waals surface area contributed by atoms with Gasteiger partial charge in [-0.25, -0.2) is 0 Å². The van der Waals surface area contributed by atoms with E-state index in [1.165, 1.54) is 96.4 Å². The molecule has 1 nitrogen and oxygen atoms in total. The van der Waals surface area contributed by atoms with E-state index in [1.54, 1.807) is 0 Å². The van der Waals surface area contributed by atoms with E-state index in [4.69, 9.17) is 0 Å². The Balaban J connectivity index is 1.76. The summed E-state index contributed by atoms with van der Waals surface area (Å²) in [6.07, 6.45) is 25.6. The molecule has 0 aromatic rings. The zero-order chi connectivity index (χ0) is 14.3. The molecule has 3 atom stereocenters. The van der Waals surface area contributed by atoms with Gasteiger partial charge in [0.15, 0.2) is 0 Å². The summed E-state index contributed by atoms with van der Waals surface area (Å²) >= 11 is 0. The van der Waals surface area contributed by atoms with E-state index < -0.39 is 0 Å². The number of hydrogen-bond acceptors (Lipinski definition) is 1. The molecule has 1 saturated heterocycles. The summed E-state index contributed by atoms with van der Waals surface area (Å²) < 4.78 is 0. The molecule has 2 heterocycles. The molecule has 3 aliphatic rings. The Hall–Kier alpha value is -0.460. The van der Waals surface area contributed by atoms with Gasteiger partial charge in [0, 0.05) is 12.6 Å². The van der Waals surface area contributed by atoms with Gasteiger partial charge in [-0.3, -0.25) is 0 Å². The lowest BCUT2D eigenvalue weighted by Gasteiger charge is -2.38. The van der Waals surface area contributed by atoms with Crippen molar-refractivity contribution in [1.82, 2.24) is 4.90 Å². The van der Waals surface area contributed by atoms with Crippen LogP contribution in [0.25, 0.3) is 0 Å². The fourth-order valence-electron chi connectivity index (χ4n) is 5.09. The number of hydrogen-bond donors (Lipinski definition) is 0. The van der Waals surface area contributed by atoms with Crippen molar-refractivity contribution in [2.45, 2.75) is 95.9 Å². The number of nitrogens with zero attached hydrogens (tertiary/aromatic N) is 1. The van der Waals surface area contributed by atoms with Crippen LogP contribution in [-0.2, 0) is 0 Å². The first-order chi connectivity index (χ1) is 10.4. The molecule has 3 unspecified atom stereocenters. The lowest BCUT2D eigenvalue weighted by atomic mass is 9.77. The van der Waals surface area contributed by atoms with Crippen LogP contribution in [0.1, 0.15) is 89.9 Å². The second-order valence-electron chi connectivity index (χ2n) is 7.75. The van der Waals surface area contributed by atoms with E-state index in [0.717, 1.165) is 17.9 Å². The maximum absolute atomic E-state index is 2.77. The van der Waals surface area contributed by atoms with Crippen LogP contribution in [0.4, 0.5) is 0 Å². The maximum atomic E-state index is 2.77. The largest absolute Gasteiger partial charge is 0.374 e. The summed E-state index contributed by atoms with van der Waals surface area (Å²) in [5.41, 5.74) is 0. The number of fused-ring (bicyclic) bond motifs is 3. The monoisotopic (exact) mass is 289 g/mol. The van der Waals surface area contributed by atoms with E-state index in [-0.39, 0.29) is 0 Å². The molecular formula is C20H35N. The van der Waals surface area contributed by atoms with Crippen molar-refractivity contribution >= 4 is 0 Å². The average Bonchev–Trinajstić information content (AvgIpc) is 2.60. The highest BCUT2D eigenvalue weighted by molar-refractivity contribution is 4.98. The summed E-state index contributed by atoms with van der Waals surface area (Å²) in [5, 5.41) is 0. The minimum atomic E-state index is 0.866. The summed E-state index contributed by atoms with van der Waals surface area (Å²) in [5.74, 6) is 1.96. The first kappa shape index (κ1) is 15.4. The second-order valence-corrected chi connectivity index (χ2v) is 7.75. The lowest BCUT2D eigenvalue weighted by Crippen LogP contribution is -2.39. The molecule has 0 radical (unpaired) electrons. The lowest BCUT2D eigenvalue weighted by molar-refractivity contribution is 0.135. The fourth-order valence-corrected chi connectivity index (χ4v) is 5.09. The zero-order valence-corrected chi connectivity index (χ0v) is 13.9. The van der Waals surface area contributed by atoms with Gasteiger partial charge >= 0.3 is 0 Å². The van der Waals surface area contributed by atoms with Gasteiger partial charge in [-0.15, -0.1) is 0 Å². The van der Waals surface area contributed by atoms with Gasteiger partial charge in [0.2, 0.25) is 0 Å². The first-order valence-corrected chi connectivity index (χ1v) is 9.87. The van der Waals surface area contributed by atoms with Crippen LogP contribution in [0.3, 0.4) is 0 Å². The maximum Gasteiger partial charge on any atom is 0.0315 e. The van der Waals surface area contributed by atoms with Crippen LogP contribution in [0.15, 0.2) is 12.3 Å². The van der Waals surface area contributed by atoms with Gasteiger partial charge in [-0.05, 0) is 50.1 Å². The Kier molecular flexibility index (Phi) is 6.06. The summed E-state index contributed by atoms with van der Waals surface area (Å²) in [7, 11) is 0. The van der Waals surface area contributed by atoms with Crippen LogP contribution >= 0.6 is 0 Å². The van der Waals surface area contributed by atoms with E-state index in [1.807, 2.05) is 0 Å². The fraction of sp³-hybridized carbons (Fsp3) is 0.900. The van der Waals surface area contributed by atoms with Crippen LogP contribution in [0, 0.1) is 11.8 Å². The predicted octanol–water partition coefficient (Wildman–Crippen LogP) is 5.91. The van der Waals surface area contributed by atoms with Crippen LogP contribution in [0.2, 0.25) is 0 Å². The Bertz CT molecular complexity index is 322. The van der Waals surface area contributed by atoms with Gasteiger partial charge in [-0.2, -0.15) is 0 Å². The Labute approximate surface area is 132 Å². The summed E-state index contributed by atoms with van der Waals surface area (Å²) in [6.45, 7) is 1.32. The normalized spacial score (nSPS) is 35.8. The van der Waals surface area contributed by atoms with Gasteiger partial charge in [-0.1, -0.05) is 63.9 Å². The molecule has 0 N–H and O–H groups in total. The molecule has 21 heavy (non-hydrogen) atoms. The highest BCUT2D eigenvalue weighted by Gasteiger charge is 2.33. The van der Waals surface area contributed by atoms with Crippen molar-refractivity contribution in [2.75, 3.05) is 6.54 Å². The summed E-state index contributed by atoms with van der Waals surface area (Å²) in [6, 6.07) is 0.866. The molecule has 120 valence electrons. The van der Waals surface area contributed by atoms with Gasteiger partial charge in [0.25, 0.3) is 0 Å².